The van der Waals surface area contributed by atoms with Crippen LogP contribution in [0.5, 0.6) is 0 Å². The Morgan fingerprint density at radius 2 is 1.62 bits per heavy atom. The summed E-state index contributed by atoms with van der Waals surface area (Å²) in [5, 5.41) is 4.87. The number of hydrogen-bond donors (Lipinski definition) is 1. The number of aromatic nitrogens is 2. The highest BCUT2D eigenvalue weighted by atomic mass is 35.5. The summed E-state index contributed by atoms with van der Waals surface area (Å²) < 4.78 is 14.1. The van der Waals surface area contributed by atoms with Gasteiger partial charge >= 0.3 is 0 Å². The molecule has 0 spiro atoms. The van der Waals surface area contributed by atoms with E-state index in [4.69, 9.17) is 23.2 Å². The van der Waals surface area contributed by atoms with Crippen molar-refractivity contribution in [2.24, 2.45) is 0 Å². The van der Waals surface area contributed by atoms with E-state index in [0.29, 0.717) is 38.5 Å². The van der Waals surface area contributed by atoms with Gasteiger partial charge in [0.15, 0.2) is 5.82 Å². The van der Waals surface area contributed by atoms with Crippen LogP contribution in [-0.4, -0.2) is 9.97 Å². The van der Waals surface area contributed by atoms with E-state index in [1.807, 2.05) is 18.2 Å². The first kappa shape index (κ1) is 16.8. The molecule has 0 saturated carbocycles. The largest absolute Gasteiger partial charge is 0.337 e. The average Bonchev–Trinajstić information content (AvgIpc) is 2.63. The minimum Gasteiger partial charge on any atom is -0.337 e. The molecule has 0 unspecified atom stereocenters. The fourth-order valence-corrected chi connectivity index (χ4v) is 3.04. The highest BCUT2D eigenvalue weighted by Crippen LogP contribution is 2.32. The lowest BCUT2D eigenvalue weighted by atomic mass is 10.1. The van der Waals surface area contributed by atoms with Gasteiger partial charge in [0.05, 0.1) is 16.2 Å². The maximum Gasteiger partial charge on any atom is 0.163 e. The van der Waals surface area contributed by atoms with E-state index in [9.17, 15) is 4.39 Å². The summed E-state index contributed by atoms with van der Waals surface area (Å²) in [6.07, 6.45) is 0. The van der Waals surface area contributed by atoms with Gasteiger partial charge in [-0.1, -0.05) is 47.5 Å². The Balaban J connectivity index is 1.93. The summed E-state index contributed by atoms with van der Waals surface area (Å²) in [5.41, 5.74) is 1.65. The van der Waals surface area contributed by atoms with Crippen molar-refractivity contribution < 1.29 is 4.39 Å². The topological polar surface area (TPSA) is 37.8 Å². The number of nitrogens with one attached hydrogen (secondary N) is 1. The summed E-state index contributed by atoms with van der Waals surface area (Å²) in [6, 6.07) is 19.0. The van der Waals surface area contributed by atoms with Gasteiger partial charge in [-0.3, -0.25) is 0 Å². The average molecular weight is 384 g/mol. The molecule has 0 radical (unpaired) electrons. The van der Waals surface area contributed by atoms with Gasteiger partial charge in [0.1, 0.15) is 11.6 Å². The van der Waals surface area contributed by atoms with Crippen molar-refractivity contribution in [1.29, 1.82) is 0 Å². The molecule has 1 heterocycles. The minimum absolute atomic E-state index is 0.326. The maximum absolute atomic E-state index is 14.1. The van der Waals surface area contributed by atoms with Crippen LogP contribution < -0.4 is 5.32 Å². The van der Waals surface area contributed by atoms with E-state index in [1.165, 1.54) is 6.07 Å². The second kappa shape index (κ2) is 6.90. The lowest BCUT2D eigenvalue weighted by Gasteiger charge is -2.12. The molecule has 128 valence electrons. The molecular formula is C20H12Cl2FN3. The van der Waals surface area contributed by atoms with Gasteiger partial charge in [-0.15, -0.1) is 0 Å². The van der Waals surface area contributed by atoms with Crippen molar-refractivity contribution in [2.45, 2.75) is 0 Å². The number of anilines is 2. The normalized spacial score (nSPS) is 10.9. The molecule has 1 N–H and O–H groups in total. The van der Waals surface area contributed by atoms with Crippen LogP contribution in [0.2, 0.25) is 10.0 Å². The quantitative estimate of drug-likeness (QED) is 0.439. The Hall–Kier alpha value is -2.69. The SMILES string of the molecule is Fc1ccccc1Nc1nc(-c2ccccc2Cl)nc2cc(Cl)ccc12. The molecule has 0 bridgehead atoms. The van der Waals surface area contributed by atoms with Gasteiger partial charge in [-0.05, 0) is 42.5 Å². The first-order chi connectivity index (χ1) is 12.6. The smallest absolute Gasteiger partial charge is 0.163 e. The lowest BCUT2D eigenvalue weighted by Crippen LogP contribution is -2.01. The zero-order valence-corrected chi connectivity index (χ0v) is 14.9. The fraction of sp³-hybridized carbons (Fsp3) is 0. The summed E-state index contributed by atoms with van der Waals surface area (Å²) in [7, 11) is 0. The molecule has 6 heteroatoms. The Bertz CT molecular complexity index is 1120. The predicted octanol–water partition coefficient (Wildman–Crippen LogP) is 6.49. The number of fused-ring (bicyclic) bond motifs is 1. The molecule has 3 aromatic carbocycles. The number of para-hydroxylation sites is 1. The van der Waals surface area contributed by atoms with Crippen molar-refractivity contribution in [3.63, 3.8) is 0 Å². The first-order valence-corrected chi connectivity index (χ1v) is 8.61. The molecule has 0 fully saturated rings. The molecule has 0 saturated heterocycles. The Kier molecular flexibility index (Phi) is 4.45. The van der Waals surface area contributed by atoms with Gasteiger partial charge in [0, 0.05) is 16.0 Å². The number of halogens is 3. The highest BCUT2D eigenvalue weighted by molar-refractivity contribution is 6.33. The Morgan fingerprint density at radius 1 is 0.846 bits per heavy atom. The van der Waals surface area contributed by atoms with E-state index in [1.54, 1.807) is 42.5 Å². The Morgan fingerprint density at radius 3 is 2.42 bits per heavy atom. The summed E-state index contributed by atoms with van der Waals surface area (Å²) >= 11 is 12.4. The van der Waals surface area contributed by atoms with Gasteiger partial charge in [0.25, 0.3) is 0 Å². The first-order valence-electron chi connectivity index (χ1n) is 7.85. The molecule has 4 aromatic rings. The molecule has 0 aliphatic carbocycles. The number of rotatable bonds is 3. The molecule has 0 aliphatic rings. The zero-order chi connectivity index (χ0) is 18.1. The van der Waals surface area contributed by atoms with Crippen LogP contribution in [0, 0.1) is 5.82 Å². The van der Waals surface area contributed by atoms with Crippen molar-refractivity contribution in [1.82, 2.24) is 9.97 Å². The molecule has 0 amide bonds. The van der Waals surface area contributed by atoms with Crippen LogP contribution in [0.15, 0.2) is 66.7 Å². The second-order valence-electron chi connectivity index (χ2n) is 5.64. The standard InChI is InChI=1S/C20H12Cl2FN3/c21-12-9-10-14-18(11-12)25-19(13-5-1-2-6-15(13)22)26-20(14)24-17-8-4-3-7-16(17)23/h1-11H,(H,24,25,26). The van der Waals surface area contributed by atoms with E-state index < -0.39 is 0 Å². The predicted molar refractivity (Wildman–Crippen MR) is 105 cm³/mol. The number of hydrogen-bond acceptors (Lipinski definition) is 3. The van der Waals surface area contributed by atoms with Crippen molar-refractivity contribution in [3.8, 4) is 11.4 Å². The van der Waals surface area contributed by atoms with Crippen LogP contribution in [0.3, 0.4) is 0 Å². The van der Waals surface area contributed by atoms with Crippen molar-refractivity contribution in [3.05, 3.63) is 82.6 Å². The van der Waals surface area contributed by atoms with Crippen molar-refractivity contribution >= 4 is 45.6 Å². The molecule has 26 heavy (non-hydrogen) atoms. The van der Waals surface area contributed by atoms with Crippen LogP contribution >= 0.6 is 23.2 Å². The third kappa shape index (κ3) is 3.21. The third-order valence-corrected chi connectivity index (χ3v) is 4.47. The monoisotopic (exact) mass is 383 g/mol. The van der Waals surface area contributed by atoms with Crippen LogP contribution in [-0.2, 0) is 0 Å². The number of benzene rings is 3. The highest BCUT2D eigenvalue weighted by Gasteiger charge is 2.13. The van der Waals surface area contributed by atoms with E-state index in [0.717, 1.165) is 5.39 Å². The van der Waals surface area contributed by atoms with E-state index in [2.05, 4.69) is 15.3 Å². The van der Waals surface area contributed by atoms with E-state index in [-0.39, 0.29) is 5.82 Å². The Labute approximate surface area is 159 Å². The van der Waals surface area contributed by atoms with Gasteiger partial charge < -0.3 is 5.32 Å². The molecule has 3 nitrogen and oxygen atoms in total. The van der Waals surface area contributed by atoms with Crippen LogP contribution in [0.4, 0.5) is 15.9 Å². The lowest BCUT2D eigenvalue weighted by molar-refractivity contribution is 0.632. The van der Waals surface area contributed by atoms with Crippen LogP contribution in [0.25, 0.3) is 22.3 Å². The minimum atomic E-state index is -0.368. The number of nitrogens with zero attached hydrogens (tertiary/aromatic N) is 2. The molecule has 4 rings (SSSR count). The van der Waals surface area contributed by atoms with Crippen LogP contribution in [0.1, 0.15) is 0 Å². The summed E-state index contributed by atoms with van der Waals surface area (Å²) in [6.45, 7) is 0. The zero-order valence-electron chi connectivity index (χ0n) is 13.4. The third-order valence-electron chi connectivity index (χ3n) is 3.90. The van der Waals surface area contributed by atoms with E-state index >= 15 is 0 Å². The van der Waals surface area contributed by atoms with Gasteiger partial charge in [-0.2, -0.15) is 0 Å². The molecule has 0 aliphatic heterocycles. The molecule has 1 aromatic heterocycles. The van der Waals surface area contributed by atoms with Gasteiger partial charge in [0.2, 0.25) is 0 Å². The summed E-state index contributed by atoms with van der Waals surface area (Å²) in [4.78, 5) is 9.16. The molecular weight excluding hydrogens is 372 g/mol. The summed E-state index contributed by atoms with van der Waals surface area (Å²) in [5.74, 6) is 0.545. The van der Waals surface area contributed by atoms with Gasteiger partial charge in [-0.25, -0.2) is 14.4 Å². The van der Waals surface area contributed by atoms with Crippen molar-refractivity contribution in [2.75, 3.05) is 5.32 Å². The fourth-order valence-electron chi connectivity index (χ4n) is 2.65. The maximum atomic E-state index is 14.1. The molecule has 0 atom stereocenters. The second-order valence-corrected chi connectivity index (χ2v) is 6.49.